The first-order valence-corrected chi connectivity index (χ1v) is 11.3. The molecule has 8 nitrogen and oxygen atoms in total. The number of rotatable bonds is 7. The molecule has 3 aromatic rings. The van der Waals surface area contributed by atoms with E-state index in [1.54, 1.807) is 27.7 Å². The summed E-state index contributed by atoms with van der Waals surface area (Å²) in [6.07, 6.45) is 4.30. The first kappa shape index (κ1) is 22.0. The molecule has 1 saturated heterocycles. The van der Waals surface area contributed by atoms with Crippen LogP contribution in [0.2, 0.25) is 0 Å². The number of H-pyrrole nitrogens is 1. The number of fused-ring (bicyclic) bond motifs is 1. The summed E-state index contributed by atoms with van der Waals surface area (Å²) in [4.78, 5) is 44.1. The minimum absolute atomic E-state index is 0.0811. The van der Waals surface area contributed by atoms with E-state index in [0.717, 1.165) is 24.8 Å². The Balaban J connectivity index is 1.20. The second-order valence-electron chi connectivity index (χ2n) is 7.89. The number of carbonyl (C=O) groups is 2. The molecule has 0 spiro atoms. The summed E-state index contributed by atoms with van der Waals surface area (Å²) in [6, 6.07) is 10.7. The highest BCUT2D eigenvalue weighted by atomic mass is 32.1. The van der Waals surface area contributed by atoms with Gasteiger partial charge in [0, 0.05) is 39.1 Å². The summed E-state index contributed by atoms with van der Waals surface area (Å²) in [5, 5.41) is 0.626. The maximum atomic E-state index is 12.7. The number of aromatic amines is 1. The second kappa shape index (κ2) is 9.95. The Hall–Kier alpha value is -3.20. The Bertz CT molecular complexity index is 1210. The number of hydrogen-bond donors (Lipinski definition) is 1. The predicted octanol–water partition coefficient (Wildman–Crippen LogP) is 3.20. The topological polar surface area (TPSA) is 91.5 Å². The van der Waals surface area contributed by atoms with Gasteiger partial charge in [-0.05, 0) is 49.3 Å². The van der Waals surface area contributed by atoms with Gasteiger partial charge in [0.05, 0.1) is 17.2 Å². The molecule has 32 heavy (non-hydrogen) atoms. The van der Waals surface area contributed by atoms with Gasteiger partial charge in [0.2, 0.25) is 5.91 Å². The molecular weight excluding hydrogens is 428 g/mol. The molecular formula is C23H26N4O4S. The van der Waals surface area contributed by atoms with Crippen LogP contribution in [0, 0.1) is 4.77 Å². The van der Waals surface area contributed by atoms with Crippen molar-refractivity contribution < 1.29 is 14.0 Å². The van der Waals surface area contributed by atoms with Gasteiger partial charge in [0.25, 0.3) is 11.5 Å². The SMILES string of the molecule is O=C(CCCCCn1c(=S)[nH]c2ccccc2c1=O)N1CCN(C(=O)c2ccco2)CC1. The summed E-state index contributed by atoms with van der Waals surface area (Å²) in [5.74, 6) is 0.301. The Morgan fingerprint density at radius 2 is 1.72 bits per heavy atom. The van der Waals surface area contributed by atoms with Crippen LogP contribution < -0.4 is 5.56 Å². The van der Waals surface area contributed by atoms with Gasteiger partial charge in [-0.15, -0.1) is 0 Å². The van der Waals surface area contributed by atoms with Gasteiger partial charge in [0.15, 0.2) is 10.5 Å². The molecule has 4 rings (SSSR count). The lowest BCUT2D eigenvalue weighted by atomic mass is 10.1. The van der Waals surface area contributed by atoms with Crippen LogP contribution in [0.3, 0.4) is 0 Å². The van der Waals surface area contributed by atoms with Gasteiger partial charge >= 0.3 is 0 Å². The Labute approximate surface area is 190 Å². The predicted molar refractivity (Wildman–Crippen MR) is 123 cm³/mol. The molecule has 1 aliphatic heterocycles. The van der Waals surface area contributed by atoms with E-state index in [4.69, 9.17) is 16.6 Å². The maximum Gasteiger partial charge on any atom is 0.289 e. The van der Waals surface area contributed by atoms with Gasteiger partial charge in [0.1, 0.15) is 0 Å². The molecule has 9 heteroatoms. The fourth-order valence-electron chi connectivity index (χ4n) is 4.00. The van der Waals surface area contributed by atoms with Crippen molar-refractivity contribution in [3.8, 4) is 0 Å². The number of amides is 2. The highest BCUT2D eigenvalue weighted by Crippen LogP contribution is 2.12. The lowest BCUT2D eigenvalue weighted by Crippen LogP contribution is -2.50. The highest BCUT2D eigenvalue weighted by Gasteiger charge is 2.25. The van der Waals surface area contributed by atoms with Crippen molar-refractivity contribution >= 4 is 34.9 Å². The van der Waals surface area contributed by atoms with Gasteiger partial charge < -0.3 is 19.2 Å². The van der Waals surface area contributed by atoms with Crippen LogP contribution in [0.25, 0.3) is 10.9 Å². The zero-order valence-corrected chi connectivity index (χ0v) is 18.6. The third kappa shape index (κ3) is 4.83. The third-order valence-electron chi connectivity index (χ3n) is 5.81. The molecule has 2 amide bonds. The molecule has 2 aromatic heterocycles. The normalized spacial score (nSPS) is 14.1. The molecule has 0 unspecified atom stereocenters. The average Bonchev–Trinajstić information content (AvgIpc) is 3.35. The molecule has 0 atom stereocenters. The van der Waals surface area contributed by atoms with E-state index in [9.17, 15) is 14.4 Å². The van der Waals surface area contributed by atoms with Gasteiger partial charge in [-0.3, -0.25) is 19.0 Å². The minimum Gasteiger partial charge on any atom is -0.459 e. The van der Waals surface area contributed by atoms with Crippen molar-refractivity contribution in [2.24, 2.45) is 0 Å². The number of carbonyl (C=O) groups excluding carboxylic acids is 2. The number of furan rings is 1. The van der Waals surface area contributed by atoms with E-state index < -0.39 is 0 Å². The van der Waals surface area contributed by atoms with Crippen LogP contribution in [0.1, 0.15) is 36.2 Å². The van der Waals surface area contributed by atoms with E-state index in [1.165, 1.54) is 6.26 Å². The van der Waals surface area contributed by atoms with E-state index in [0.29, 0.717) is 55.1 Å². The van der Waals surface area contributed by atoms with Gasteiger partial charge in [-0.1, -0.05) is 18.6 Å². The summed E-state index contributed by atoms with van der Waals surface area (Å²) < 4.78 is 7.18. The van der Waals surface area contributed by atoms with Crippen LogP contribution in [0.15, 0.2) is 51.9 Å². The van der Waals surface area contributed by atoms with Crippen molar-refractivity contribution in [1.29, 1.82) is 0 Å². The third-order valence-corrected chi connectivity index (χ3v) is 6.14. The summed E-state index contributed by atoms with van der Waals surface area (Å²) in [7, 11) is 0. The number of piperazine rings is 1. The number of benzene rings is 1. The molecule has 1 aromatic carbocycles. The highest BCUT2D eigenvalue weighted by molar-refractivity contribution is 7.71. The van der Waals surface area contributed by atoms with E-state index in [2.05, 4.69) is 4.98 Å². The molecule has 168 valence electrons. The maximum absolute atomic E-state index is 12.7. The molecule has 1 fully saturated rings. The first-order valence-electron chi connectivity index (χ1n) is 10.9. The van der Waals surface area contributed by atoms with Gasteiger partial charge in [-0.2, -0.15) is 0 Å². The smallest absolute Gasteiger partial charge is 0.289 e. The Morgan fingerprint density at radius 1 is 0.969 bits per heavy atom. The van der Waals surface area contributed by atoms with Crippen molar-refractivity contribution in [3.05, 3.63) is 63.5 Å². The van der Waals surface area contributed by atoms with Gasteiger partial charge in [-0.25, -0.2) is 0 Å². The number of nitrogens with zero attached hydrogens (tertiary/aromatic N) is 3. The largest absolute Gasteiger partial charge is 0.459 e. The number of hydrogen-bond acceptors (Lipinski definition) is 5. The zero-order chi connectivity index (χ0) is 22.5. The van der Waals surface area contributed by atoms with Crippen molar-refractivity contribution in [2.45, 2.75) is 32.2 Å². The lowest BCUT2D eigenvalue weighted by molar-refractivity contribution is -0.132. The van der Waals surface area contributed by atoms with E-state index >= 15 is 0 Å². The molecule has 1 aliphatic rings. The first-order chi connectivity index (χ1) is 15.5. The molecule has 1 N–H and O–H groups in total. The second-order valence-corrected chi connectivity index (χ2v) is 8.28. The molecule has 0 radical (unpaired) electrons. The molecule has 0 aliphatic carbocycles. The molecule has 0 bridgehead atoms. The molecule has 0 saturated carbocycles. The van der Waals surface area contributed by atoms with Crippen LogP contribution in [0.4, 0.5) is 0 Å². The van der Waals surface area contributed by atoms with Crippen molar-refractivity contribution in [3.63, 3.8) is 0 Å². The summed E-state index contributed by atoms with van der Waals surface area (Å²) >= 11 is 5.34. The number of unbranched alkanes of at least 4 members (excludes halogenated alkanes) is 2. The quantitative estimate of drug-likeness (QED) is 0.437. The summed E-state index contributed by atoms with van der Waals surface area (Å²) in [5.41, 5.74) is 0.665. The monoisotopic (exact) mass is 454 g/mol. The standard InChI is InChI=1S/C23H26N4O4S/c28-20(25-12-14-26(15-13-25)22(30)19-9-6-16-31-19)10-2-1-5-11-27-21(29)17-7-3-4-8-18(17)24-23(27)32/h3-4,6-9,16H,1-2,5,10-15H2,(H,24,32). The number of aromatic nitrogens is 2. The van der Waals surface area contributed by atoms with Crippen molar-refractivity contribution in [1.82, 2.24) is 19.4 Å². The average molecular weight is 455 g/mol. The Morgan fingerprint density at radius 3 is 2.47 bits per heavy atom. The lowest BCUT2D eigenvalue weighted by Gasteiger charge is -2.34. The zero-order valence-electron chi connectivity index (χ0n) is 17.8. The van der Waals surface area contributed by atoms with Crippen molar-refractivity contribution in [2.75, 3.05) is 26.2 Å². The molecule has 3 heterocycles. The number of nitrogens with one attached hydrogen (secondary N) is 1. The summed E-state index contributed by atoms with van der Waals surface area (Å²) in [6.45, 7) is 2.61. The van der Waals surface area contributed by atoms with Crippen LogP contribution in [-0.4, -0.2) is 57.3 Å². The number of para-hydroxylation sites is 1. The fraction of sp³-hybridized carbons (Fsp3) is 0.391. The van der Waals surface area contributed by atoms with E-state index in [-0.39, 0.29) is 17.4 Å². The van der Waals surface area contributed by atoms with Crippen LogP contribution in [-0.2, 0) is 11.3 Å². The minimum atomic E-state index is -0.135. The fourth-order valence-corrected chi connectivity index (χ4v) is 4.28. The Kier molecular flexibility index (Phi) is 6.84. The van der Waals surface area contributed by atoms with Crippen LogP contribution >= 0.6 is 12.2 Å². The van der Waals surface area contributed by atoms with Crippen LogP contribution in [0.5, 0.6) is 0 Å². The van der Waals surface area contributed by atoms with E-state index in [1.807, 2.05) is 23.1 Å².